The Morgan fingerprint density at radius 3 is 2.33 bits per heavy atom. The molecule has 39 heavy (non-hydrogen) atoms. The third-order valence-electron chi connectivity index (χ3n) is 7.79. The van der Waals surface area contributed by atoms with Crippen LogP contribution in [0.3, 0.4) is 0 Å². The van der Waals surface area contributed by atoms with E-state index in [-0.39, 0.29) is 11.2 Å². The standard InChI is InChI=1S/C34H33N3OSi/c1-34(2,3)24-19-20-35-32(22-24)39(4,5)25-12-10-11-23(21-25)28-18-17-27-26-13-6-7-14-29(26)37(33(27)36-28)30-15-8-9-16-31(30)38/h6-22,38H,1-5H3. The second-order valence-corrected chi connectivity index (χ2v) is 16.1. The van der Waals surface area contributed by atoms with Crippen molar-refractivity contribution in [3.05, 3.63) is 109 Å². The van der Waals surface area contributed by atoms with Crippen molar-refractivity contribution >= 4 is 40.5 Å². The number of aromatic hydroxyl groups is 1. The molecule has 0 unspecified atom stereocenters. The van der Waals surface area contributed by atoms with E-state index in [2.05, 4.69) is 99.1 Å². The van der Waals surface area contributed by atoms with Gasteiger partial charge in [-0.15, -0.1) is 0 Å². The minimum Gasteiger partial charge on any atom is -0.506 e. The van der Waals surface area contributed by atoms with Crippen LogP contribution in [0.15, 0.2) is 103 Å². The maximum Gasteiger partial charge on any atom is 0.146 e. The van der Waals surface area contributed by atoms with Gasteiger partial charge in [-0.1, -0.05) is 93.6 Å². The molecule has 0 radical (unpaired) electrons. The number of nitrogens with zero attached hydrogens (tertiary/aromatic N) is 3. The van der Waals surface area contributed by atoms with E-state index >= 15 is 0 Å². The number of fused-ring (bicyclic) bond motifs is 3. The average molecular weight is 528 g/mol. The Kier molecular flexibility index (Phi) is 5.92. The zero-order valence-electron chi connectivity index (χ0n) is 23.1. The van der Waals surface area contributed by atoms with Gasteiger partial charge in [0, 0.05) is 27.8 Å². The number of hydrogen-bond acceptors (Lipinski definition) is 3. The molecule has 194 valence electrons. The maximum atomic E-state index is 10.7. The van der Waals surface area contributed by atoms with Gasteiger partial charge in [-0.05, 0) is 53.4 Å². The lowest BCUT2D eigenvalue weighted by molar-refractivity contribution is 0.473. The summed E-state index contributed by atoms with van der Waals surface area (Å²) in [4.78, 5) is 10.0. The Labute approximate surface area is 230 Å². The van der Waals surface area contributed by atoms with Crippen molar-refractivity contribution in [3.63, 3.8) is 0 Å². The zero-order chi connectivity index (χ0) is 27.4. The maximum absolute atomic E-state index is 10.7. The van der Waals surface area contributed by atoms with Crippen LogP contribution >= 0.6 is 0 Å². The molecule has 1 N–H and O–H groups in total. The molecule has 0 atom stereocenters. The molecule has 0 aliphatic carbocycles. The normalized spacial score (nSPS) is 12.3. The zero-order valence-corrected chi connectivity index (χ0v) is 24.1. The third-order valence-corrected chi connectivity index (χ3v) is 11.1. The highest BCUT2D eigenvalue weighted by Crippen LogP contribution is 2.35. The van der Waals surface area contributed by atoms with Crippen LogP contribution in [-0.2, 0) is 5.41 Å². The molecule has 0 aliphatic rings. The highest BCUT2D eigenvalue weighted by atomic mass is 28.3. The van der Waals surface area contributed by atoms with Crippen LogP contribution in [0.4, 0.5) is 0 Å². The average Bonchev–Trinajstić information content (AvgIpc) is 3.26. The third kappa shape index (κ3) is 4.33. The fourth-order valence-corrected chi connectivity index (χ4v) is 7.59. The summed E-state index contributed by atoms with van der Waals surface area (Å²) in [5.41, 5.74) is 5.95. The molecule has 5 heteroatoms. The molecule has 6 rings (SSSR count). The molecule has 0 saturated heterocycles. The van der Waals surface area contributed by atoms with Crippen LogP contribution in [0.1, 0.15) is 26.3 Å². The first-order valence-electron chi connectivity index (χ1n) is 13.4. The summed E-state index contributed by atoms with van der Waals surface area (Å²) in [5.74, 6) is 0.229. The van der Waals surface area contributed by atoms with Gasteiger partial charge in [0.05, 0.1) is 16.9 Å². The van der Waals surface area contributed by atoms with Crippen molar-refractivity contribution in [2.45, 2.75) is 39.3 Å². The predicted molar refractivity (Wildman–Crippen MR) is 165 cm³/mol. The van der Waals surface area contributed by atoms with E-state index in [0.29, 0.717) is 0 Å². The number of rotatable bonds is 4. The van der Waals surface area contributed by atoms with Crippen LogP contribution in [0.25, 0.3) is 38.9 Å². The van der Waals surface area contributed by atoms with Gasteiger partial charge in [-0.2, -0.15) is 0 Å². The van der Waals surface area contributed by atoms with Crippen molar-refractivity contribution in [1.82, 2.24) is 14.5 Å². The molecular formula is C34H33N3OSi. The summed E-state index contributed by atoms with van der Waals surface area (Å²) < 4.78 is 2.06. The summed E-state index contributed by atoms with van der Waals surface area (Å²) in [6.45, 7) is 11.5. The summed E-state index contributed by atoms with van der Waals surface area (Å²) in [7, 11) is -2.06. The van der Waals surface area contributed by atoms with E-state index in [1.165, 1.54) is 16.1 Å². The van der Waals surface area contributed by atoms with Crippen LogP contribution < -0.4 is 10.5 Å². The van der Waals surface area contributed by atoms with Crippen molar-refractivity contribution in [3.8, 4) is 22.7 Å². The Morgan fingerprint density at radius 2 is 1.54 bits per heavy atom. The lowest BCUT2D eigenvalue weighted by Crippen LogP contribution is -2.54. The van der Waals surface area contributed by atoms with E-state index in [0.717, 1.165) is 38.9 Å². The van der Waals surface area contributed by atoms with E-state index < -0.39 is 8.07 Å². The molecule has 3 heterocycles. The second-order valence-electron chi connectivity index (χ2n) is 11.8. The van der Waals surface area contributed by atoms with Gasteiger partial charge in [0.2, 0.25) is 0 Å². The van der Waals surface area contributed by atoms with Gasteiger partial charge in [-0.25, -0.2) is 4.98 Å². The first-order chi connectivity index (χ1) is 18.6. The Hall–Kier alpha value is -4.22. The number of pyridine rings is 2. The first kappa shape index (κ1) is 25.1. The van der Waals surface area contributed by atoms with E-state index in [1.54, 1.807) is 6.07 Å². The van der Waals surface area contributed by atoms with Crippen molar-refractivity contribution in [2.24, 2.45) is 0 Å². The van der Waals surface area contributed by atoms with Gasteiger partial charge >= 0.3 is 0 Å². The van der Waals surface area contributed by atoms with Crippen molar-refractivity contribution < 1.29 is 5.11 Å². The van der Waals surface area contributed by atoms with Gasteiger partial charge in [0.25, 0.3) is 0 Å². The molecule has 0 amide bonds. The Bertz CT molecular complexity index is 1850. The Morgan fingerprint density at radius 1 is 0.769 bits per heavy atom. The van der Waals surface area contributed by atoms with Gasteiger partial charge in [-0.3, -0.25) is 9.55 Å². The minimum absolute atomic E-state index is 0.0784. The quantitative estimate of drug-likeness (QED) is 0.250. The topological polar surface area (TPSA) is 50.9 Å². The molecule has 4 nitrogen and oxygen atoms in total. The fourth-order valence-electron chi connectivity index (χ4n) is 5.35. The molecule has 0 spiro atoms. The second kappa shape index (κ2) is 9.21. The largest absolute Gasteiger partial charge is 0.506 e. The van der Waals surface area contributed by atoms with Gasteiger partial charge in [0.1, 0.15) is 19.5 Å². The molecule has 0 aliphatic heterocycles. The number of para-hydroxylation sites is 3. The first-order valence-corrected chi connectivity index (χ1v) is 16.4. The van der Waals surface area contributed by atoms with E-state index in [9.17, 15) is 5.11 Å². The predicted octanol–water partition coefficient (Wildman–Crippen LogP) is 7.07. The summed E-state index contributed by atoms with van der Waals surface area (Å²) >= 11 is 0. The van der Waals surface area contributed by atoms with Crippen LogP contribution in [0.5, 0.6) is 5.75 Å². The number of benzene rings is 3. The molecule has 0 bridgehead atoms. The van der Waals surface area contributed by atoms with Crippen molar-refractivity contribution in [2.75, 3.05) is 0 Å². The number of aromatic nitrogens is 3. The molecule has 3 aromatic heterocycles. The van der Waals surface area contributed by atoms with Crippen LogP contribution in [0.2, 0.25) is 13.1 Å². The Balaban J connectivity index is 1.50. The van der Waals surface area contributed by atoms with Crippen LogP contribution in [0, 0.1) is 0 Å². The molecule has 0 fully saturated rings. The summed E-state index contributed by atoms with van der Waals surface area (Å²) in [6, 6.07) is 33.2. The lowest BCUT2D eigenvalue weighted by Gasteiger charge is -2.26. The highest BCUT2D eigenvalue weighted by Gasteiger charge is 2.29. The molecule has 3 aromatic carbocycles. The minimum atomic E-state index is -2.06. The highest BCUT2D eigenvalue weighted by molar-refractivity contribution is 7.00. The van der Waals surface area contributed by atoms with Gasteiger partial charge in [0.15, 0.2) is 0 Å². The number of phenolic OH excluding ortho intramolecular Hbond substituents is 1. The SMILES string of the molecule is CC(C)(C)c1ccnc([Si](C)(C)c2cccc(-c3ccc4c5ccccc5n(-c5ccccc5O)c4n3)c2)c1. The molecule has 6 aromatic rings. The van der Waals surface area contributed by atoms with E-state index in [4.69, 9.17) is 9.97 Å². The lowest BCUT2D eigenvalue weighted by atomic mass is 9.88. The van der Waals surface area contributed by atoms with Crippen LogP contribution in [-0.4, -0.2) is 27.7 Å². The fraction of sp³-hybridized carbons (Fsp3) is 0.176. The summed E-state index contributed by atoms with van der Waals surface area (Å²) in [6.07, 6.45) is 1.96. The monoisotopic (exact) mass is 527 g/mol. The van der Waals surface area contributed by atoms with Gasteiger partial charge < -0.3 is 5.11 Å². The van der Waals surface area contributed by atoms with E-state index in [1.807, 2.05) is 36.5 Å². The molecular weight excluding hydrogens is 494 g/mol. The smallest absolute Gasteiger partial charge is 0.146 e. The summed E-state index contributed by atoms with van der Waals surface area (Å²) in [5, 5.41) is 15.4. The van der Waals surface area contributed by atoms with Crippen molar-refractivity contribution in [1.29, 1.82) is 0 Å². The number of phenols is 1. The molecule has 0 saturated carbocycles. The number of hydrogen-bond donors (Lipinski definition) is 1.